The van der Waals surface area contributed by atoms with E-state index >= 15 is 0 Å². The molecule has 2 amide bonds. The van der Waals surface area contributed by atoms with E-state index in [1.165, 1.54) is 17.3 Å². The van der Waals surface area contributed by atoms with Crippen molar-refractivity contribution in [3.8, 4) is 0 Å². The number of amides is 2. The molecule has 1 unspecified atom stereocenters. The van der Waals surface area contributed by atoms with E-state index in [4.69, 9.17) is 17.0 Å². The highest BCUT2D eigenvalue weighted by molar-refractivity contribution is 8.26. The number of carbonyl (C=O) groups excluding carboxylic acids is 2. The Labute approximate surface area is 191 Å². The second kappa shape index (κ2) is 8.22. The lowest BCUT2D eigenvalue weighted by Gasteiger charge is -2.18. The summed E-state index contributed by atoms with van der Waals surface area (Å²) >= 11 is 6.73. The smallest absolute Gasteiger partial charge is 0.267 e. The number of hydrogen-bond donors (Lipinski definition) is 0. The fourth-order valence-corrected chi connectivity index (χ4v) is 5.58. The minimum Gasteiger partial charge on any atom is -0.376 e. The van der Waals surface area contributed by atoms with Gasteiger partial charge in [-0.3, -0.25) is 14.5 Å². The highest BCUT2D eigenvalue weighted by atomic mass is 32.2. The molecule has 158 valence electrons. The van der Waals surface area contributed by atoms with Crippen LogP contribution in [0.15, 0.2) is 53.4 Å². The minimum atomic E-state index is -0.194. The number of hydrogen-bond acceptors (Lipinski definition) is 5. The van der Waals surface area contributed by atoms with Gasteiger partial charge in [-0.15, -0.1) is 0 Å². The lowest BCUT2D eigenvalue weighted by molar-refractivity contribution is -0.123. The largest absolute Gasteiger partial charge is 0.376 e. The highest BCUT2D eigenvalue weighted by Gasteiger charge is 2.42. The summed E-state index contributed by atoms with van der Waals surface area (Å²) in [5.41, 5.74) is 4.29. The second-order valence-electron chi connectivity index (χ2n) is 8.02. The number of carbonyl (C=O) groups is 2. The summed E-state index contributed by atoms with van der Waals surface area (Å²) in [5, 5.41) is 0. The van der Waals surface area contributed by atoms with Gasteiger partial charge in [0.2, 0.25) is 0 Å². The SMILES string of the molecule is Cc1ccc(CN2C(=O)/C(=C3\SC(=S)N(CC4CCCO4)C3=O)c3ccccc32)cc1. The number of nitrogens with zero attached hydrogens (tertiary/aromatic N) is 2. The number of ether oxygens (including phenoxy) is 1. The van der Waals surface area contributed by atoms with E-state index in [0.717, 1.165) is 36.3 Å². The number of benzene rings is 2. The number of fused-ring (bicyclic) bond motifs is 1. The first-order valence-electron chi connectivity index (χ1n) is 10.4. The van der Waals surface area contributed by atoms with Gasteiger partial charge in [-0.25, -0.2) is 0 Å². The van der Waals surface area contributed by atoms with E-state index in [0.29, 0.717) is 27.9 Å². The monoisotopic (exact) mass is 450 g/mol. The summed E-state index contributed by atoms with van der Waals surface area (Å²) in [4.78, 5) is 30.6. The van der Waals surface area contributed by atoms with Gasteiger partial charge in [-0.05, 0) is 31.4 Å². The van der Waals surface area contributed by atoms with Crippen LogP contribution in [0.3, 0.4) is 0 Å². The Morgan fingerprint density at radius 3 is 2.58 bits per heavy atom. The van der Waals surface area contributed by atoms with Gasteiger partial charge in [-0.2, -0.15) is 0 Å². The molecule has 0 aliphatic carbocycles. The first-order chi connectivity index (χ1) is 15.0. The highest BCUT2D eigenvalue weighted by Crippen LogP contribution is 2.45. The van der Waals surface area contributed by atoms with Crippen LogP contribution in [0.5, 0.6) is 0 Å². The second-order valence-corrected chi connectivity index (χ2v) is 9.66. The third-order valence-corrected chi connectivity index (χ3v) is 7.32. The standard InChI is InChI=1S/C24H22N2O3S2/c1-15-8-10-16(11-9-15)13-25-19-7-3-2-6-18(19)20(22(25)27)21-23(28)26(24(30)31-21)14-17-5-4-12-29-17/h2-3,6-11,17H,4-5,12-14H2,1H3/b21-20-. The zero-order valence-electron chi connectivity index (χ0n) is 17.2. The van der Waals surface area contributed by atoms with Gasteiger partial charge < -0.3 is 9.64 Å². The Balaban J connectivity index is 1.49. The molecule has 3 aliphatic rings. The van der Waals surface area contributed by atoms with Crippen molar-refractivity contribution in [3.05, 3.63) is 70.1 Å². The molecule has 0 radical (unpaired) electrons. The predicted octanol–water partition coefficient (Wildman–Crippen LogP) is 4.29. The number of thiocarbonyl (C=S) groups is 1. The molecule has 2 saturated heterocycles. The van der Waals surface area contributed by atoms with Gasteiger partial charge >= 0.3 is 0 Å². The molecule has 0 saturated carbocycles. The summed E-state index contributed by atoms with van der Waals surface area (Å²) in [5.74, 6) is -0.347. The number of aryl methyl sites for hydroxylation is 1. The Hall–Kier alpha value is -2.48. The predicted molar refractivity (Wildman–Crippen MR) is 127 cm³/mol. The van der Waals surface area contributed by atoms with Gasteiger partial charge in [0.15, 0.2) is 0 Å². The van der Waals surface area contributed by atoms with Crippen LogP contribution in [-0.4, -0.2) is 40.3 Å². The maximum absolute atomic E-state index is 13.5. The van der Waals surface area contributed by atoms with E-state index in [9.17, 15) is 9.59 Å². The molecular formula is C24H22N2O3S2. The Kier molecular flexibility index (Phi) is 5.42. The molecule has 0 N–H and O–H groups in total. The topological polar surface area (TPSA) is 49.9 Å². The van der Waals surface area contributed by atoms with E-state index in [-0.39, 0.29) is 17.9 Å². The Morgan fingerprint density at radius 1 is 1.06 bits per heavy atom. The number of para-hydroxylation sites is 1. The average Bonchev–Trinajstić information content (AvgIpc) is 3.45. The van der Waals surface area contributed by atoms with E-state index in [2.05, 4.69) is 0 Å². The maximum Gasteiger partial charge on any atom is 0.267 e. The van der Waals surface area contributed by atoms with Crippen LogP contribution >= 0.6 is 24.0 Å². The number of rotatable bonds is 4. The molecule has 2 aromatic carbocycles. The fourth-order valence-electron chi connectivity index (χ4n) is 4.23. The third kappa shape index (κ3) is 3.71. The molecule has 3 aliphatic heterocycles. The van der Waals surface area contributed by atoms with E-state index in [1.54, 1.807) is 9.80 Å². The summed E-state index contributed by atoms with van der Waals surface area (Å²) < 4.78 is 6.18. The molecule has 7 heteroatoms. The molecule has 31 heavy (non-hydrogen) atoms. The zero-order chi connectivity index (χ0) is 21.5. The van der Waals surface area contributed by atoms with Crippen molar-refractivity contribution in [2.75, 3.05) is 18.1 Å². The number of anilines is 1. The molecule has 0 bridgehead atoms. The molecule has 2 fully saturated rings. The van der Waals surface area contributed by atoms with Gasteiger partial charge in [0.1, 0.15) is 4.32 Å². The first-order valence-corrected chi connectivity index (χ1v) is 11.6. The fraction of sp³-hybridized carbons (Fsp3) is 0.292. The average molecular weight is 451 g/mol. The van der Waals surface area contributed by atoms with Crippen molar-refractivity contribution in [2.45, 2.75) is 32.4 Å². The summed E-state index contributed by atoms with van der Waals surface area (Å²) in [6.07, 6.45) is 1.94. The van der Waals surface area contributed by atoms with Crippen molar-refractivity contribution in [3.63, 3.8) is 0 Å². The molecule has 0 spiro atoms. The Morgan fingerprint density at radius 2 is 1.84 bits per heavy atom. The molecule has 2 aromatic rings. The summed E-state index contributed by atoms with van der Waals surface area (Å²) in [7, 11) is 0. The number of thioether (sulfide) groups is 1. The lowest BCUT2D eigenvalue weighted by atomic mass is 10.1. The summed E-state index contributed by atoms with van der Waals surface area (Å²) in [6.45, 7) is 3.66. The molecule has 5 rings (SSSR count). The van der Waals surface area contributed by atoms with Crippen LogP contribution < -0.4 is 4.90 Å². The van der Waals surface area contributed by atoms with Crippen LogP contribution in [0.1, 0.15) is 29.5 Å². The van der Waals surface area contributed by atoms with Crippen molar-refractivity contribution in [1.29, 1.82) is 0 Å². The normalized spacial score (nSPS) is 23.3. The van der Waals surface area contributed by atoms with Gasteiger partial charge in [-0.1, -0.05) is 72.0 Å². The molecule has 5 nitrogen and oxygen atoms in total. The van der Waals surface area contributed by atoms with E-state index < -0.39 is 0 Å². The van der Waals surface area contributed by atoms with Crippen molar-refractivity contribution < 1.29 is 14.3 Å². The molecule has 0 aromatic heterocycles. The molecule has 3 heterocycles. The van der Waals surface area contributed by atoms with Gasteiger partial charge in [0.05, 0.1) is 35.4 Å². The van der Waals surface area contributed by atoms with Crippen molar-refractivity contribution in [1.82, 2.24) is 4.90 Å². The van der Waals surface area contributed by atoms with Gasteiger partial charge in [0.25, 0.3) is 11.8 Å². The Bertz CT molecular complexity index is 1100. The minimum absolute atomic E-state index is 0.0106. The van der Waals surface area contributed by atoms with Crippen LogP contribution in [0.25, 0.3) is 5.57 Å². The zero-order valence-corrected chi connectivity index (χ0v) is 18.8. The molecule has 1 atom stereocenters. The van der Waals surface area contributed by atoms with Crippen LogP contribution in [0.4, 0.5) is 5.69 Å². The first kappa shape index (κ1) is 20.4. The lowest BCUT2D eigenvalue weighted by Crippen LogP contribution is -2.35. The van der Waals surface area contributed by atoms with E-state index in [1.807, 2.05) is 55.5 Å². The van der Waals surface area contributed by atoms with Gasteiger partial charge in [0, 0.05) is 12.2 Å². The summed E-state index contributed by atoms with van der Waals surface area (Å²) in [6, 6.07) is 15.8. The third-order valence-electron chi connectivity index (χ3n) is 5.87. The molecular weight excluding hydrogens is 428 g/mol. The van der Waals surface area contributed by atoms with Crippen LogP contribution in [-0.2, 0) is 20.9 Å². The van der Waals surface area contributed by atoms with Crippen LogP contribution in [0, 0.1) is 6.92 Å². The van der Waals surface area contributed by atoms with Crippen LogP contribution in [0.2, 0.25) is 0 Å². The maximum atomic E-state index is 13.5. The quantitative estimate of drug-likeness (QED) is 0.514. The van der Waals surface area contributed by atoms with Crippen molar-refractivity contribution in [2.24, 2.45) is 0 Å². The van der Waals surface area contributed by atoms with Crippen molar-refractivity contribution >= 4 is 51.4 Å².